The number of piperidine rings is 1. The zero-order valence-electron chi connectivity index (χ0n) is 18.3. The summed E-state index contributed by atoms with van der Waals surface area (Å²) in [4.78, 5) is 12.8. The number of amides is 1. The van der Waals surface area contributed by atoms with Crippen molar-refractivity contribution >= 4 is 27.5 Å². The second-order valence-electron chi connectivity index (χ2n) is 9.09. The molecule has 0 radical (unpaired) electrons. The van der Waals surface area contributed by atoms with Crippen LogP contribution in [0.1, 0.15) is 37.7 Å². The van der Waals surface area contributed by atoms with Gasteiger partial charge in [-0.3, -0.25) is 4.79 Å². The predicted octanol–water partition coefficient (Wildman–Crippen LogP) is 1.10. The average Bonchev–Trinajstić information content (AvgIpc) is 3.22. The van der Waals surface area contributed by atoms with Crippen LogP contribution in [-0.4, -0.2) is 64.1 Å². The fourth-order valence-electron chi connectivity index (χ4n) is 5.07. The van der Waals surface area contributed by atoms with Gasteiger partial charge in [0.1, 0.15) is 0 Å². The Morgan fingerprint density at radius 1 is 1.19 bits per heavy atom. The highest BCUT2D eigenvalue weighted by atomic mass is 35.5. The number of carbonyl (C=O) groups excluding carboxylic acids is 1. The lowest BCUT2D eigenvalue weighted by molar-refractivity contribution is -0.123. The summed E-state index contributed by atoms with van der Waals surface area (Å²) in [5, 5.41) is 9.75. The van der Waals surface area contributed by atoms with Crippen LogP contribution >= 0.6 is 11.6 Å². The van der Waals surface area contributed by atoms with Crippen LogP contribution in [0.25, 0.3) is 0 Å². The zero-order valence-corrected chi connectivity index (χ0v) is 19.9. The fraction of sp³-hybridized carbons (Fsp3) is 0.682. The first kappa shape index (κ1) is 23.9. The van der Waals surface area contributed by atoms with E-state index in [9.17, 15) is 13.2 Å². The van der Waals surface area contributed by atoms with Crippen molar-refractivity contribution in [2.24, 2.45) is 5.92 Å². The first-order valence-electron chi connectivity index (χ1n) is 11.4. The maximum absolute atomic E-state index is 12.9. The fourth-order valence-corrected chi connectivity index (χ4v) is 6.66. The maximum Gasteiger partial charge on any atom is 0.240 e. The van der Waals surface area contributed by atoms with E-state index in [1.54, 1.807) is 31.4 Å². The lowest BCUT2D eigenvalue weighted by Crippen LogP contribution is -2.48. The molecule has 1 aliphatic carbocycles. The number of hydrogen-bond donors (Lipinski definition) is 4. The number of fused-ring (bicyclic) bond motifs is 1. The van der Waals surface area contributed by atoms with E-state index in [2.05, 4.69) is 20.7 Å². The van der Waals surface area contributed by atoms with Crippen molar-refractivity contribution in [2.75, 3.05) is 20.2 Å². The first-order valence-corrected chi connectivity index (χ1v) is 13.3. The molecule has 0 bridgehead atoms. The molecule has 2 aliphatic heterocycles. The van der Waals surface area contributed by atoms with Gasteiger partial charge in [0.25, 0.3) is 0 Å². The van der Waals surface area contributed by atoms with Crippen molar-refractivity contribution < 1.29 is 17.9 Å². The molecule has 1 amide bonds. The smallest absolute Gasteiger partial charge is 0.240 e. The summed E-state index contributed by atoms with van der Waals surface area (Å²) >= 11 is 6.24. The van der Waals surface area contributed by atoms with Crippen molar-refractivity contribution in [3.05, 3.63) is 29.8 Å². The van der Waals surface area contributed by atoms with Gasteiger partial charge >= 0.3 is 0 Å². The lowest BCUT2D eigenvalue weighted by atomic mass is 9.93. The molecule has 0 spiro atoms. The van der Waals surface area contributed by atoms with Crippen molar-refractivity contribution in [1.29, 1.82) is 0 Å². The van der Waals surface area contributed by atoms with Crippen LogP contribution in [0, 0.1) is 5.92 Å². The Hall–Kier alpha value is -1.23. The van der Waals surface area contributed by atoms with Crippen molar-refractivity contribution in [2.45, 2.75) is 73.2 Å². The molecule has 8 nitrogen and oxygen atoms in total. The van der Waals surface area contributed by atoms with E-state index in [4.69, 9.17) is 16.3 Å². The van der Waals surface area contributed by atoms with E-state index < -0.39 is 10.0 Å². The highest BCUT2D eigenvalue weighted by Crippen LogP contribution is 2.27. The summed E-state index contributed by atoms with van der Waals surface area (Å²) in [6, 6.07) is 6.52. The predicted molar refractivity (Wildman–Crippen MR) is 123 cm³/mol. The third-order valence-corrected chi connectivity index (χ3v) is 8.81. The van der Waals surface area contributed by atoms with Crippen molar-refractivity contribution in [3.8, 4) is 0 Å². The normalized spacial score (nSPS) is 32.9. The molecule has 6 atom stereocenters. The van der Waals surface area contributed by atoms with Gasteiger partial charge in [0.2, 0.25) is 15.9 Å². The Morgan fingerprint density at radius 2 is 1.97 bits per heavy atom. The van der Waals surface area contributed by atoms with Gasteiger partial charge < -0.3 is 20.7 Å². The minimum Gasteiger partial charge on any atom is -0.380 e. The molecule has 10 heteroatoms. The molecule has 6 unspecified atom stereocenters. The molecule has 3 fully saturated rings. The van der Waals surface area contributed by atoms with Crippen LogP contribution in [-0.2, 0) is 26.1 Å². The first-order chi connectivity index (χ1) is 15.4. The average molecular weight is 485 g/mol. The summed E-state index contributed by atoms with van der Waals surface area (Å²) in [5.74, 6) is 0.503. The van der Waals surface area contributed by atoms with E-state index in [1.165, 1.54) is 0 Å². The number of methoxy groups -OCH3 is 1. The monoisotopic (exact) mass is 484 g/mol. The number of alkyl halides is 1. The molecule has 2 saturated heterocycles. The van der Waals surface area contributed by atoms with Crippen LogP contribution in [0.5, 0.6) is 0 Å². The van der Waals surface area contributed by atoms with Crippen LogP contribution in [0.3, 0.4) is 0 Å². The van der Waals surface area contributed by atoms with Gasteiger partial charge in [-0.05, 0) is 68.8 Å². The molecule has 1 aromatic carbocycles. The van der Waals surface area contributed by atoms with Crippen LogP contribution in [0.15, 0.2) is 29.2 Å². The van der Waals surface area contributed by atoms with Gasteiger partial charge in [-0.25, -0.2) is 13.1 Å². The topological polar surface area (TPSA) is 109 Å². The van der Waals surface area contributed by atoms with Crippen LogP contribution in [0.2, 0.25) is 0 Å². The standard InChI is InChI=1S/C22H33ClN4O4S/c1-31-21-7-4-16(23)11-19(21)27-32(29,30)17-5-2-14(3-6-17)12-25-22(28)20-10-15-13-24-9-8-18(15)26-20/h2-3,5-6,15-16,18-21,24,26-27H,4,7-13H2,1H3,(H,25,28). The SMILES string of the molecule is COC1CCC(Cl)CC1NS(=O)(=O)c1ccc(CNC(=O)C2CC3CNCCC3N2)cc1. The Bertz CT molecular complexity index is 884. The van der Waals surface area contributed by atoms with Gasteiger partial charge in [-0.15, -0.1) is 11.6 Å². The van der Waals surface area contributed by atoms with Crippen LogP contribution in [0.4, 0.5) is 0 Å². The lowest BCUT2D eigenvalue weighted by Gasteiger charge is -2.33. The summed E-state index contributed by atoms with van der Waals surface area (Å²) in [6.07, 6.45) is 3.79. The number of rotatable bonds is 7. The number of carbonyl (C=O) groups is 1. The number of ether oxygens (including phenoxy) is 1. The van der Waals surface area contributed by atoms with Gasteiger partial charge in [0.05, 0.1) is 17.0 Å². The van der Waals surface area contributed by atoms with Crippen molar-refractivity contribution in [1.82, 2.24) is 20.7 Å². The molecule has 1 aromatic rings. The molecule has 32 heavy (non-hydrogen) atoms. The highest BCUT2D eigenvalue weighted by molar-refractivity contribution is 7.89. The van der Waals surface area contributed by atoms with E-state index in [0.29, 0.717) is 24.9 Å². The third-order valence-electron chi connectivity index (χ3n) is 6.91. The Balaban J connectivity index is 1.31. The number of nitrogens with one attached hydrogen (secondary N) is 4. The molecule has 178 valence electrons. The third kappa shape index (κ3) is 5.63. The molecule has 2 heterocycles. The molecule has 0 aromatic heterocycles. The van der Waals surface area contributed by atoms with Crippen LogP contribution < -0.4 is 20.7 Å². The van der Waals surface area contributed by atoms with Gasteiger partial charge in [0.15, 0.2) is 0 Å². The van der Waals surface area contributed by atoms with Gasteiger partial charge in [0, 0.05) is 31.1 Å². The van der Waals surface area contributed by atoms with E-state index in [-0.39, 0.29) is 34.4 Å². The molecule has 3 aliphatic rings. The Morgan fingerprint density at radius 3 is 2.69 bits per heavy atom. The Labute approximate surface area is 195 Å². The van der Waals surface area contributed by atoms with E-state index in [0.717, 1.165) is 44.3 Å². The van der Waals surface area contributed by atoms with E-state index in [1.807, 2.05) is 0 Å². The summed E-state index contributed by atoms with van der Waals surface area (Å²) < 4.78 is 33.9. The maximum atomic E-state index is 12.9. The number of sulfonamides is 1. The second kappa shape index (κ2) is 10.4. The van der Waals surface area contributed by atoms with Gasteiger partial charge in [-0.1, -0.05) is 12.1 Å². The van der Waals surface area contributed by atoms with Gasteiger partial charge in [-0.2, -0.15) is 0 Å². The number of hydrogen-bond acceptors (Lipinski definition) is 6. The summed E-state index contributed by atoms with van der Waals surface area (Å²) in [7, 11) is -2.10. The van der Waals surface area contributed by atoms with Crippen molar-refractivity contribution in [3.63, 3.8) is 0 Å². The quantitative estimate of drug-likeness (QED) is 0.431. The largest absolute Gasteiger partial charge is 0.380 e. The number of benzene rings is 1. The molecular weight excluding hydrogens is 452 g/mol. The number of halogens is 1. The second-order valence-corrected chi connectivity index (χ2v) is 11.4. The minimum atomic E-state index is -3.69. The molecule has 1 saturated carbocycles. The molecular formula is C22H33ClN4O4S. The minimum absolute atomic E-state index is 0.00343. The molecule has 4 rings (SSSR count). The summed E-state index contributed by atoms with van der Waals surface area (Å²) in [5.41, 5.74) is 0.850. The van der Waals surface area contributed by atoms with E-state index >= 15 is 0 Å². The zero-order chi connectivity index (χ0) is 22.7. The Kier molecular flexibility index (Phi) is 7.74. The highest BCUT2D eigenvalue weighted by Gasteiger charge is 2.38. The summed E-state index contributed by atoms with van der Waals surface area (Å²) in [6.45, 7) is 2.32. The molecule has 4 N–H and O–H groups in total.